The van der Waals surface area contributed by atoms with Crippen molar-refractivity contribution < 1.29 is 23.8 Å². The number of allylic oxidation sites excluding steroid dienone is 1. The van der Waals surface area contributed by atoms with Crippen molar-refractivity contribution in [2.24, 2.45) is 0 Å². The van der Waals surface area contributed by atoms with Gasteiger partial charge in [0.25, 0.3) is 0 Å². The van der Waals surface area contributed by atoms with Crippen molar-refractivity contribution >= 4 is 11.9 Å². The first kappa shape index (κ1) is 20.7. The van der Waals surface area contributed by atoms with E-state index in [1.165, 1.54) is 19.4 Å². The first-order chi connectivity index (χ1) is 13.0. The predicted octanol–water partition coefficient (Wildman–Crippen LogP) is 3.67. The van der Waals surface area contributed by atoms with Gasteiger partial charge >= 0.3 is 0 Å². The fourth-order valence-electron chi connectivity index (χ4n) is 2.83. The highest BCUT2D eigenvalue weighted by atomic mass is 16.5. The summed E-state index contributed by atoms with van der Waals surface area (Å²) in [6, 6.07) is 5.27. The molecule has 2 rings (SSSR count). The van der Waals surface area contributed by atoms with Gasteiger partial charge in [0.15, 0.2) is 5.78 Å². The topological polar surface area (TPSA) is 72.1 Å². The molecule has 0 unspecified atom stereocenters. The Hall–Kier alpha value is -2.57. The molecule has 1 aromatic heterocycles. The third-order valence-electron chi connectivity index (χ3n) is 4.44. The Morgan fingerprint density at radius 3 is 2.74 bits per heavy atom. The largest absolute Gasteiger partial charge is 0.507 e. The number of ketones is 1. The molecule has 6 nitrogen and oxygen atoms in total. The van der Waals surface area contributed by atoms with E-state index in [4.69, 9.17) is 13.9 Å². The summed E-state index contributed by atoms with van der Waals surface area (Å²) in [6.07, 6.45) is 4.47. The maximum Gasteiger partial charge on any atom is 0.193 e. The van der Waals surface area contributed by atoms with Crippen LogP contribution in [0.15, 0.2) is 35.0 Å². The number of hydrogen-bond donors (Lipinski definition) is 1. The van der Waals surface area contributed by atoms with Gasteiger partial charge in [-0.15, -0.1) is 0 Å². The predicted molar refractivity (Wildman–Crippen MR) is 104 cm³/mol. The Labute approximate surface area is 160 Å². The zero-order valence-corrected chi connectivity index (χ0v) is 16.3. The summed E-state index contributed by atoms with van der Waals surface area (Å²) in [5.41, 5.74) is 1.74. The lowest BCUT2D eigenvalue weighted by Crippen LogP contribution is -2.27. The van der Waals surface area contributed by atoms with E-state index in [1.54, 1.807) is 31.4 Å². The Morgan fingerprint density at radius 2 is 2.15 bits per heavy atom. The number of ether oxygens (including phenoxy) is 2. The van der Waals surface area contributed by atoms with Crippen LogP contribution < -0.4 is 4.74 Å². The highest BCUT2D eigenvalue weighted by Crippen LogP contribution is 2.35. The summed E-state index contributed by atoms with van der Waals surface area (Å²) >= 11 is 0. The number of hydrogen-bond acceptors (Lipinski definition) is 6. The Morgan fingerprint density at radius 1 is 1.37 bits per heavy atom. The van der Waals surface area contributed by atoms with Crippen LogP contribution in [0.5, 0.6) is 11.5 Å². The molecule has 1 aromatic carbocycles. The normalized spacial score (nSPS) is 11.4. The SMILES string of the molecule is CCN(CCOC)Cc1c(C)cc(OC)c(C(=O)/C=C/c2ccco2)c1O. The highest BCUT2D eigenvalue weighted by molar-refractivity contribution is 6.10. The second-order valence-corrected chi connectivity index (χ2v) is 6.17. The highest BCUT2D eigenvalue weighted by Gasteiger charge is 2.22. The minimum Gasteiger partial charge on any atom is -0.507 e. The fourth-order valence-corrected chi connectivity index (χ4v) is 2.83. The second-order valence-electron chi connectivity index (χ2n) is 6.17. The lowest BCUT2D eigenvalue weighted by molar-refractivity contribution is 0.104. The van der Waals surface area contributed by atoms with Crippen LogP contribution >= 0.6 is 0 Å². The molecule has 146 valence electrons. The third kappa shape index (κ3) is 5.21. The molecular weight excluding hydrogens is 346 g/mol. The van der Waals surface area contributed by atoms with E-state index in [9.17, 15) is 9.90 Å². The molecule has 1 N–H and O–H groups in total. The Kier molecular flexibility index (Phi) is 7.64. The van der Waals surface area contributed by atoms with Crippen molar-refractivity contribution in [2.75, 3.05) is 33.9 Å². The first-order valence-corrected chi connectivity index (χ1v) is 8.88. The molecule has 6 heteroatoms. The number of methoxy groups -OCH3 is 2. The number of nitrogens with zero attached hydrogens (tertiary/aromatic N) is 1. The smallest absolute Gasteiger partial charge is 0.193 e. The second kappa shape index (κ2) is 9.94. The minimum atomic E-state index is -0.345. The summed E-state index contributed by atoms with van der Waals surface area (Å²) in [7, 11) is 3.14. The van der Waals surface area contributed by atoms with Crippen LogP contribution in [0.4, 0.5) is 0 Å². The van der Waals surface area contributed by atoms with Gasteiger partial charge in [0.05, 0.1) is 20.0 Å². The molecule has 1 heterocycles. The van der Waals surface area contributed by atoms with Crippen LogP contribution in [0.3, 0.4) is 0 Å². The van der Waals surface area contributed by atoms with E-state index >= 15 is 0 Å². The minimum absolute atomic E-state index is 0.0446. The van der Waals surface area contributed by atoms with Crippen molar-refractivity contribution in [2.45, 2.75) is 20.4 Å². The van der Waals surface area contributed by atoms with Gasteiger partial charge in [-0.3, -0.25) is 9.69 Å². The van der Waals surface area contributed by atoms with E-state index < -0.39 is 0 Å². The van der Waals surface area contributed by atoms with Gasteiger partial charge in [0.1, 0.15) is 22.8 Å². The molecule has 0 aliphatic rings. The summed E-state index contributed by atoms with van der Waals surface area (Å²) in [5.74, 6) is 0.521. The fraction of sp³-hybridized carbons (Fsp3) is 0.381. The van der Waals surface area contributed by atoms with Gasteiger partial charge in [0, 0.05) is 25.8 Å². The molecule has 0 bridgehead atoms. The molecule has 27 heavy (non-hydrogen) atoms. The van der Waals surface area contributed by atoms with Crippen LogP contribution in [0.25, 0.3) is 6.08 Å². The van der Waals surface area contributed by atoms with Crippen molar-refractivity contribution in [1.29, 1.82) is 0 Å². The Bertz CT molecular complexity index is 780. The molecule has 0 spiro atoms. The van der Waals surface area contributed by atoms with Gasteiger partial charge in [-0.1, -0.05) is 6.92 Å². The van der Waals surface area contributed by atoms with E-state index in [1.807, 2.05) is 13.8 Å². The average Bonchev–Trinajstić information content (AvgIpc) is 3.18. The number of likely N-dealkylation sites (N-methyl/N-ethyl adjacent to an activating group) is 1. The maximum absolute atomic E-state index is 12.7. The van der Waals surface area contributed by atoms with Crippen molar-refractivity contribution in [1.82, 2.24) is 4.90 Å². The monoisotopic (exact) mass is 373 g/mol. The number of carbonyl (C=O) groups is 1. The van der Waals surface area contributed by atoms with Gasteiger partial charge in [-0.2, -0.15) is 0 Å². The zero-order chi connectivity index (χ0) is 19.8. The molecular formula is C21H27NO5. The van der Waals surface area contributed by atoms with Crippen LogP contribution in [0, 0.1) is 6.92 Å². The van der Waals surface area contributed by atoms with Crippen LogP contribution in [-0.4, -0.2) is 49.7 Å². The third-order valence-corrected chi connectivity index (χ3v) is 4.44. The molecule has 2 aromatic rings. The van der Waals surface area contributed by atoms with Crippen LogP contribution in [-0.2, 0) is 11.3 Å². The lowest BCUT2D eigenvalue weighted by Gasteiger charge is -2.23. The summed E-state index contributed by atoms with van der Waals surface area (Å²) in [4.78, 5) is 14.9. The molecule has 0 aliphatic carbocycles. The van der Waals surface area contributed by atoms with Crippen LogP contribution in [0.2, 0.25) is 0 Å². The van der Waals surface area contributed by atoms with E-state index in [0.29, 0.717) is 30.2 Å². The molecule has 0 atom stereocenters. The van der Waals surface area contributed by atoms with Crippen molar-refractivity contribution in [3.63, 3.8) is 0 Å². The number of phenolic OH excluding ortho intramolecular Hbond substituents is 1. The zero-order valence-electron chi connectivity index (χ0n) is 16.3. The average molecular weight is 373 g/mol. The van der Waals surface area contributed by atoms with Gasteiger partial charge in [0.2, 0.25) is 0 Å². The number of rotatable bonds is 10. The number of aryl methyl sites for hydroxylation is 1. The molecule has 0 aliphatic heterocycles. The van der Waals surface area contributed by atoms with E-state index in [0.717, 1.165) is 18.7 Å². The van der Waals surface area contributed by atoms with E-state index in [2.05, 4.69) is 4.90 Å². The number of benzene rings is 1. The maximum atomic E-state index is 12.7. The van der Waals surface area contributed by atoms with Gasteiger partial charge < -0.3 is 19.0 Å². The lowest BCUT2D eigenvalue weighted by atomic mass is 9.98. The standard InChI is InChI=1S/C21H27NO5/c1-5-22(10-12-25-3)14-17-15(2)13-19(26-4)20(21(17)24)18(23)9-8-16-7-6-11-27-16/h6-9,11,13,24H,5,10,12,14H2,1-4H3/b9-8+. The quantitative estimate of drug-likeness (QED) is 0.506. The van der Waals surface area contributed by atoms with Crippen LogP contribution in [0.1, 0.15) is 34.2 Å². The molecule has 0 radical (unpaired) electrons. The summed E-state index contributed by atoms with van der Waals surface area (Å²) in [6.45, 7) is 6.60. The molecule has 0 fully saturated rings. The first-order valence-electron chi connectivity index (χ1n) is 8.88. The Balaban J connectivity index is 2.36. The number of aromatic hydroxyl groups is 1. The summed E-state index contributed by atoms with van der Waals surface area (Å²) < 4.78 is 15.7. The number of phenols is 1. The molecule has 0 saturated carbocycles. The number of furan rings is 1. The molecule has 0 saturated heterocycles. The van der Waals surface area contributed by atoms with Crippen molar-refractivity contribution in [3.05, 3.63) is 53.0 Å². The summed E-state index contributed by atoms with van der Waals surface area (Å²) in [5, 5.41) is 10.9. The molecule has 0 amide bonds. The van der Waals surface area contributed by atoms with Crippen molar-refractivity contribution in [3.8, 4) is 11.5 Å². The van der Waals surface area contributed by atoms with Gasteiger partial charge in [-0.05, 0) is 49.4 Å². The van der Waals surface area contributed by atoms with Gasteiger partial charge in [-0.25, -0.2) is 0 Å². The van der Waals surface area contributed by atoms with E-state index in [-0.39, 0.29) is 17.1 Å². The number of carbonyl (C=O) groups excluding carboxylic acids is 1.